The van der Waals surface area contributed by atoms with E-state index in [4.69, 9.17) is 5.11 Å². The number of hydrogen-bond donors (Lipinski definition) is 4. The minimum absolute atomic E-state index is 0.212. The molecule has 0 aromatic heterocycles. The first-order valence-corrected chi connectivity index (χ1v) is 6.93. The van der Waals surface area contributed by atoms with Crippen LogP contribution in [-0.4, -0.2) is 36.2 Å². The number of urea groups is 1. The number of aliphatic carboxylic acids is 1. The third-order valence-electron chi connectivity index (χ3n) is 3.26. The smallest absolute Gasteiger partial charge is 0.328 e. The van der Waals surface area contributed by atoms with E-state index in [0.29, 0.717) is 5.69 Å². The van der Waals surface area contributed by atoms with Gasteiger partial charge in [-0.2, -0.15) is 0 Å². The van der Waals surface area contributed by atoms with Gasteiger partial charge in [0.15, 0.2) is 0 Å². The van der Waals surface area contributed by atoms with Crippen LogP contribution in [0.15, 0.2) is 30.3 Å². The molecule has 0 aliphatic carbocycles. The molecule has 0 atom stereocenters. The van der Waals surface area contributed by atoms with Gasteiger partial charge in [-0.05, 0) is 49.7 Å². The van der Waals surface area contributed by atoms with Gasteiger partial charge in [0, 0.05) is 17.8 Å². The van der Waals surface area contributed by atoms with E-state index in [1.165, 1.54) is 6.08 Å². The Balaban J connectivity index is 1.84. The van der Waals surface area contributed by atoms with Gasteiger partial charge in [-0.1, -0.05) is 12.1 Å². The number of carbonyl (C=O) groups excluding carboxylic acids is 1. The Bertz CT molecular complexity index is 519. The zero-order valence-electron chi connectivity index (χ0n) is 11.6. The molecule has 6 nitrogen and oxygen atoms in total. The first-order chi connectivity index (χ1) is 10.1. The van der Waals surface area contributed by atoms with Crippen LogP contribution in [0.25, 0.3) is 6.08 Å². The lowest BCUT2D eigenvalue weighted by Gasteiger charge is -2.23. The van der Waals surface area contributed by atoms with E-state index in [1.807, 2.05) is 0 Å². The number of anilines is 1. The summed E-state index contributed by atoms with van der Waals surface area (Å²) in [5, 5.41) is 17.5. The first-order valence-electron chi connectivity index (χ1n) is 6.93. The standard InChI is InChI=1S/C15H19N3O3/c19-14(20)6-3-11-1-4-12(5-2-11)17-15(21)18-13-7-9-16-10-8-13/h1-6,13,16H,7-10H2,(H,19,20)(H2,17,18,21). The Morgan fingerprint density at radius 2 is 1.86 bits per heavy atom. The predicted octanol–water partition coefficient (Wildman–Crippen LogP) is 1.66. The molecule has 1 saturated heterocycles. The van der Waals surface area contributed by atoms with Gasteiger partial charge in [0.1, 0.15) is 0 Å². The van der Waals surface area contributed by atoms with Crippen LogP contribution < -0.4 is 16.0 Å². The van der Waals surface area contributed by atoms with Gasteiger partial charge >= 0.3 is 12.0 Å². The molecule has 1 aliphatic heterocycles. The zero-order chi connectivity index (χ0) is 15.1. The highest BCUT2D eigenvalue weighted by atomic mass is 16.4. The van der Waals surface area contributed by atoms with E-state index in [-0.39, 0.29) is 12.1 Å². The summed E-state index contributed by atoms with van der Waals surface area (Å²) in [4.78, 5) is 22.3. The number of piperidine rings is 1. The van der Waals surface area contributed by atoms with Crippen molar-refractivity contribution in [3.8, 4) is 0 Å². The molecular weight excluding hydrogens is 270 g/mol. The number of nitrogens with one attached hydrogen (secondary N) is 3. The number of amides is 2. The summed E-state index contributed by atoms with van der Waals surface area (Å²) < 4.78 is 0. The Kier molecular flexibility index (Phi) is 5.34. The van der Waals surface area contributed by atoms with Gasteiger partial charge in [0.05, 0.1) is 0 Å². The van der Waals surface area contributed by atoms with Crippen LogP contribution >= 0.6 is 0 Å². The third kappa shape index (κ3) is 5.27. The molecule has 1 aromatic carbocycles. The number of rotatable bonds is 4. The fraction of sp³-hybridized carbons (Fsp3) is 0.333. The van der Waals surface area contributed by atoms with Gasteiger partial charge in [0.2, 0.25) is 0 Å². The van der Waals surface area contributed by atoms with Crippen molar-refractivity contribution in [1.29, 1.82) is 0 Å². The molecule has 0 unspecified atom stereocenters. The molecule has 1 aliphatic rings. The lowest BCUT2D eigenvalue weighted by molar-refractivity contribution is -0.131. The Hall–Kier alpha value is -2.34. The van der Waals surface area contributed by atoms with Crippen LogP contribution in [0, 0.1) is 0 Å². The van der Waals surface area contributed by atoms with Crippen molar-refractivity contribution in [3.63, 3.8) is 0 Å². The molecule has 1 fully saturated rings. The van der Waals surface area contributed by atoms with E-state index in [0.717, 1.165) is 37.6 Å². The number of carboxylic acid groups (broad SMARTS) is 1. The molecule has 1 heterocycles. The maximum absolute atomic E-state index is 11.8. The van der Waals surface area contributed by atoms with Crippen molar-refractivity contribution >= 4 is 23.8 Å². The van der Waals surface area contributed by atoms with Gasteiger partial charge in [0.25, 0.3) is 0 Å². The van der Waals surface area contributed by atoms with Gasteiger partial charge < -0.3 is 21.1 Å². The number of carbonyl (C=O) groups is 2. The zero-order valence-corrected chi connectivity index (χ0v) is 11.6. The molecular formula is C15H19N3O3. The lowest BCUT2D eigenvalue weighted by Crippen LogP contribution is -2.44. The van der Waals surface area contributed by atoms with Crippen molar-refractivity contribution in [1.82, 2.24) is 10.6 Å². The molecule has 0 spiro atoms. The van der Waals surface area contributed by atoms with Crippen LogP contribution in [0.2, 0.25) is 0 Å². The molecule has 4 N–H and O–H groups in total. The predicted molar refractivity (Wildman–Crippen MR) is 81.2 cm³/mol. The SMILES string of the molecule is O=C(O)C=Cc1ccc(NC(=O)NC2CCNCC2)cc1. The lowest BCUT2D eigenvalue weighted by atomic mass is 10.1. The Morgan fingerprint density at radius 1 is 1.19 bits per heavy atom. The highest BCUT2D eigenvalue weighted by Gasteiger charge is 2.14. The van der Waals surface area contributed by atoms with Gasteiger partial charge in [-0.25, -0.2) is 9.59 Å². The van der Waals surface area contributed by atoms with E-state index in [2.05, 4.69) is 16.0 Å². The van der Waals surface area contributed by atoms with Crippen LogP contribution in [0.5, 0.6) is 0 Å². The van der Waals surface area contributed by atoms with Crippen molar-refractivity contribution < 1.29 is 14.7 Å². The van der Waals surface area contributed by atoms with Gasteiger partial charge in [-0.15, -0.1) is 0 Å². The summed E-state index contributed by atoms with van der Waals surface area (Å²) in [5.74, 6) is -0.987. The molecule has 2 rings (SSSR count). The van der Waals surface area contributed by atoms with Crippen LogP contribution in [0.4, 0.5) is 10.5 Å². The normalized spacial score (nSPS) is 15.8. The molecule has 1 aromatic rings. The summed E-state index contributed by atoms with van der Waals surface area (Å²) in [5.41, 5.74) is 1.44. The third-order valence-corrected chi connectivity index (χ3v) is 3.26. The first kappa shape index (κ1) is 15.1. The molecule has 0 radical (unpaired) electrons. The molecule has 6 heteroatoms. The van der Waals surface area contributed by atoms with Gasteiger partial charge in [-0.3, -0.25) is 0 Å². The van der Waals surface area contributed by atoms with Crippen molar-refractivity contribution in [2.45, 2.75) is 18.9 Å². The number of benzene rings is 1. The highest BCUT2D eigenvalue weighted by Crippen LogP contribution is 2.11. The molecule has 0 saturated carbocycles. The van der Waals surface area contributed by atoms with Crippen molar-refractivity contribution in [2.75, 3.05) is 18.4 Å². The van der Waals surface area contributed by atoms with E-state index in [1.54, 1.807) is 24.3 Å². The molecule has 0 bridgehead atoms. The number of carboxylic acids is 1. The Morgan fingerprint density at radius 3 is 2.48 bits per heavy atom. The summed E-state index contributed by atoms with van der Waals surface area (Å²) in [7, 11) is 0. The Labute approximate surface area is 123 Å². The average Bonchev–Trinajstić information content (AvgIpc) is 2.47. The molecule has 21 heavy (non-hydrogen) atoms. The maximum Gasteiger partial charge on any atom is 0.328 e. The number of hydrogen-bond acceptors (Lipinski definition) is 3. The average molecular weight is 289 g/mol. The molecule has 2 amide bonds. The summed E-state index contributed by atoms with van der Waals surface area (Å²) >= 11 is 0. The fourth-order valence-corrected chi connectivity index (χ4v) is 2.16. The summed E-state index contributed by atoms with van der Waals surface area (Å²) in [6, 6.07) is 6.98. The minimum atomic E-state index is -0.987. The fourth-order valence-electron chi connectivity index (χ4n) is 2.16. The second kappa shape index (κ2) is 7.44. The largest absolute Gasteiger partial charge is 0.478 e. The minimum Gasteiger partial charge on any atom is -0.478 e. The van der Waals surface area contributed by atoms with E-state index >= 15 is 0 Å². The molecule has 112 valence electrons. The van der Waals surface area contributed by atoms with E-state index < -0.39 is 5.97 Å². The summed E-state index contributed by atoms with van der Waals surface area (Å²) in [6.07, 6.45) is 4.45. The second-order valence-electron chi connectivity index (χ2n) is 4.92. The van der Waals surface area contributed by atoms with Crippen LogP contribution in [0.1, 0.15) is 18.4 Å². The van der Waals surface area contributed by atoms with Crippen molar-refractivity contribution in [3.05, 3.63) is 35.9 Å². The van der Waals surface area contributed by atoms with Crippen molar-refractivity contribution in [2.24, 2.45) is 0 Å². The van der Waals surface area contributed by atoms with Crippen LogP contribution in [0.3, 0.4) is 0 Å². The maximum atomic E-state index is 11.8. The topological polar surface area (TPSA) is 90.5 Å². The summed E-state index contributed by atoms with van der Waals surface area (Å²) in [6.45, 7) is 1.85. The highest BCUT2D eigenvalue weighted by molar-refractivity contribution is 5.90. The quantitative estimate of drug-likeness (QED) is 0.634. The monoisotopic (exact) mass is 289 g/mol. The van der Waals surface area contributed by atoms with Crippen LogP contribution in [-0.2, 0) is 4.79 Å². The van der Waals surface area contributed by atoms with E-state index in [9.17, 15) is 9.59 Å². The second-order valence-corrected chi connectivity index (χ2v) is 4.92.